The van der Waals surface area contributed by atoms with Crippen LogP contribution < -0.4 is 0 Å². The first-order valence-corrected chi connectivity index (χ1v) is 6.90. The molecule has 1 aromatic heterocycles. The summed E-state index contributed by atoms with van der Waals surface area (Å²) in [6.45, 7) is 3.91. The van der Waals surface area contributed by atoms with E-state index in [1.165, 1.54) is 0 Å². The van der Waals surface area contributed by atoms with E-state index in [4.69, 9.17) is 13.9 Å². The van der Waals surface area contributed by atoms with E-state index in [1.807, 2.05) is 6.92 Å². The smallest absolute Gasteiger partial charge is 0.374 e. The number of ketones is 1. The highest BCUT2D eigenvalue weighted by Crippen LogP contribution is 2.29. The Bertz CT molecular complexity index is 515. The van der Waals surface area contributed by atoms with Crippen LogP contribution in [0.4, 0.5) is 0 Å². The van der Waals surface area contributed by atoms with Crippen LogP contribution in [0.3, 0.4) is 0 Å². The van der Waals surface area contributed by atoms with E-state index in [0.717, 1.165) is 6.42 Å². The third kappa shape index (κ3) is 2.93. The van der Waals surface area contributed by atoms with Crippen LogP contribution in [-0.2, 0) is 15.9 Å². The molecule has 1 heterocycles. The van der Waals surface area contributed by atoms with Crippen molar-refractivity contribution in [1.82, 2.24) is 0 Å². The van der Waals surface area contributed by atoms with Gasteiger partial charge in [0.05, 0.1) is 18.3 Å². The average Bonchev–Trinajstić information content (AvgIpc) is 2.77. The minimum absolute atomic E-state index is 0.0373. The molecule has 0 bridgehead atoms. The van der Waals surface area contributed by atoms with Crippen LogP contribution in [0, 0.1) is 6.92 Å². The summed E-state index contributed by atoms with van der Waals surface area (Å²) in [6, 6.07) is 0. The molecular weight excluding hydrogens is 260 g/mol. The molecule has 5 nitrogen and oxygen atoms in total. The number of carbonyl (C=O) groups is 2. The molecule has 0 amide bonds. The predicted octanol–water partition coefficient (Wildman–Crippen LogP) is 2.69. The number of hydrogen-bond acceptors (Lipinski definition) is 5. The SMILES string of the molecule is COC(C)CCOC(=O)c1oc2c(c1C)C(=O)CCC2. The van der Waals surface area contributed by atoms with Crippen LogP contribution in [0.1, 0.15) is 58.4 Å². The lowest BCUT2D eigenvalue weighted by Gasteiger charge is -2.09. The highest BCUT2D eigenvalue weighted by molar-refractivity contribution is 6.02. The lowest BCUT2D eigenvalue weighted by molar-refractivity contribution is 0.0357. The first kappa shape index (κ1) is 14.8. The summed E-state index contributed by atoms with van der Waals surface area (Å²) in [5, 5.41) is 0. The van der Waals surface area contributed by atoms with E-state index in [9.17, 15) is 9.59 Å². The molecule has 1 aliphatic rings. The molecule has 1 aliphatic carbocycles. The summed E-state index contributed by atoms with van der Waals surface area (Å²) in [7, 11) is 1.61. The van der Waals surface area contributed by atoms with E-state index in [2.05, 4.69) is 0 Å². The van der Waals surface area contributed by atoms with Gasteiger partial charge in [0.1, 0.15) is 5.76 Å². The third-order valence-electron chi connectivity index (χ3n) is 3.65. The van der Waals surface area contributed by atoms with Crippen molar-refractivity contribution in [2.24, 2.45) is 0 Å². The summed E-state index contributed by atoms with van der Waals surface area (Å²) in [4.78, 5) is 23.8. The number of esters is 1. The number of ether oxygens (including phenoxy) is 2. The molecule has 5 heteroatoms. The predicted molar refractivity (Wildman–Crippen MR) is 72.1 cm³/mol. The molecule has 1 unspecified atom stereocenters. The number of rotatable bonds is 5. The van der Waals surface area contributed by atoms with Crippen LogP contribution in [0.15, 0.2) is 4.42 Å². The fourth-order valence-electron chi connectivity index (χ4n) is 2.34. The Morgan fingerprint density at radius 2 is 2.15 bits per heavy atom. The van der Waals surface area contributed by atoms with Gasteiger partial charge in [0.25, 0.3) is 0 Å². The topological polar surface area (TPSA) is 65.7 Å². The molecule has 110 valence electrons. The standard InChI is InChI=1S/C15H20O5/c1-9(18-3)7-8-19-15(17)14-10(2)13-11(16)5-4-6-12(13)20-14/h9H,4-8H2,1-3H3. The zero-order valence-corrected chi connectivity index (χ0v) is 12.2. The first-order valence-electron chi connectivity index (χ1n) is 6.90. The second-order valence-electron chi connectivity index (χ2n) is 5.10. The molecular formula is C15H20O5. The molecule has 0 radical (unpaired) electrons. The Morgan fingerprint density at radius 3 is 2.80 bits per heavy atom. The monoisotopic (exact) mass is 280 g/mol. The highest BCUT2D eigenvalue weighted by atomic mass is 16.5. The van der Waals surface area contributed by atoms with Gasteiger partial charge in [-0.25, -0.2) is 4.79 Å². The largest absolute Gasteiger partial charge is 0.460 e. The van der Waals surface area contributed by atoms with Crippen molar-refractivity contribution in [3.8, 4) is 0 Å². The maximum absolute atomic E-state index is 12.0. The fraction of sp³-hybridized carbons (Fsp3) is 0.600. The maximum atomic E-state index is 12.0. The van der Waals surface area contributed by atoms with Crippen LogP contribution in [0.25, 0.3) is 0 Å². The number of methoxy groups -OCH3 is 1. The van der Waals surface area contributed by atoms with Crippen molar-refractivity contribution in [2.45, 2.75) is 45.6 Å². The minimum atomic E-state index is -0.506. The molecule has 0 N–H and O–H groups in total. The lowest BCUT2D eigenvalue weighted by Crippen LogP contribution is -2.13. The molecule has 0 aliphatic heterocycles. The van der Waals surface area contributed by atoms with Crippen molar-refractivity contribution in [1.29, 1.82) is 0 Å². The van der Waals surface area contributed by atoms with Gasteiger partial charge in [0, 0.05) is 31.9 Å². The van der Waals surface area contributed by atoms with Gasteiger partial charge in [-0.2, -0.15) is 0 Å². The normalized spacial score (nSPS) is 15.8. The number of furan rings is 1. The minimum Gasteiger partial charge on any atom is -0.460 e. The second-order valence-corrected chi connectivity index (χ2v) is 5.10. The van der Waals surface area contributed by atoms with Gasteiger partial charge in [-0.1, -0.05) is 0 Å². The van der Waals surface area contributed by atoms with Crippen molar-refractivity contribution in [3.63, 3.8) is 0 Å². The van der Waals surface area contributed by atoms with Gasteiger partial charge in [0.2, 0.25) is 5.76 Å². The molecule has 0 saturated carbocycles. The van der Waals surface area contributed by atoms with E-state index < -0.39 is 5.97 Å². The van der Waals surface area contributed by atoms with E-state index in [0.29, 0.717) is 36.1 Å². The lowest BCUT2D eigenvalue weighted by atomic mass is 9.94. The van der Waals surface area contributed by atoms with Crippen LogP contribution >= 0.6 is 0 Å². The van der Waals surface area contributed by atoms with Gasteiger partial charge in [-0.05, 0) is 20.3 Å². The van der Waals surface area contributed by atoms with Crippen molar-refractivity contribution in [2.75, 3.05) is 13.7 Å². The zero-order valence-electron chi connectivity index (χ0n) is 12.2. The summed E-state index contributed by atoms with van der Waals surface area (Å²) in [5.74, 6) is 0.332. The quantitative estimate of drug-likeness (QED) is 0.776. The van der Waals surface area contributed by atoms with Gasteiger partial charge in [-0.15, -0.1) is 0 Å². The molecule has 1 atom stereocenters. The number of fused-ring (bicyclic) bond motifs is 1. The van der Waals surface area contributed by atoms with Gasteiger partial charge in [0.15, 0.2) is 5.78 Å². The van der Waals surface area contributed by atoms with E-state index in [-0.39, 0.29) is 24.3 Å². The Labute approximate surface area is 118 Å². The summed E-state index contributed by atoms with van der Waals surface area (Å²) in [6.07, 6.45) is 2.66. The molecule has 0 saturated heterocycles. The third-order valence-corrected chi connectivity index (χ3v) is 3.65. The summed E-state index contributed by atoms with van der Waals surface area (Å²) in [5.41, 5.74) is 1.18. The van der Waals surface area contributed by atoms with Crippen LogP contribution in [-0.4, -0.2) is 31.6 Å². The Morgan fingerprint density at radius 1 is 1.40 bits per heavy atom. The number of carbonyl (C=O) groups excluding carboxylic acids is 2. The number of hydrogen-bond donors (Lipinski definition) is 0. The molecule has 0 fully saturated rings. The van der Waals surface area contributed by atoms with Crippen molar-refractivity contribution in [3.05, 3.63) is 22.6 Å². The van der Waals surface area contributed by atoms with Gasteiger partial charge in [-0.3, -0.25) is 4.79 Å². The van der Waals surface area contributed by atoms with Gasteiger partial charge >= 0.3 is 5.97 Å². The number of aryl methyl sites for hydroxylation is 1. The second kappa shape index (κ2) is 6.22. The van der Waals surface area contributed by atoms with Crippen LogP contribution in [0.2, 0.25) is 0 Å². The van der Waals surface area contributed by atoms with E-state index in [1.54, 1.807) is 14.0 Å². The first-order chi connectivity index (χ1) is 9.54. The summed E-state index contributed by atoms with van der Waals surface area (Å²) < 4.78 is 15.8. The van der Waals surface area contributed by atoms with Crippen LogP contribution in [0.5, 0.6) is 0 Å². The molecule has 1 aromatic rings. The summed E-state index contributed by atoms with van der Waals surface area (Å²) >= 11 is 0. The van der Waals surface area contributed by atoms with Crippen molar-refractivity contribution >= 4 is 11.8 Å². The van der Waals surface area contributed by atoms with E-state index >= 15 is 0 Å². The molecule has 20 heavy (non-hydrogen) atoms. The molecule has 0 aromatic carbocycles. The molecule has 0 spiro atoms. The Kier molecular flexibility index (Phi) is 4.60. The Hall–Kier alpha value is -1.62. The average molecular weight is 280 g/mol. The molecule has 2 rings (SSSR count). The zero-order chi connectivity index (χ0) is 14.7. The van der Waals surface area contributed by atoms with Crippen molar-refractivity contribution < 1.29 is 23.5 Å². The Balaban J connectivity index is 2.06. The van der Waals surface area contributed by atoms with Gasteiger partial charge < -0.3 is 13.9 Å². The maximum Gasteiger partial charge on any atom is 0.374 e. The highest BCUT2D eigenvalue weighted by Gasteiger charge is 2.29. The fourth-order valence-corrected chi connectivity index (χ4v) is 2.34. The number of Topliss-reactive ketones (excluding diaryl/α,β-unsaturated/α-hetero) is 1.